The van der Waals surface area contributed by atoms with Crippen molar-refractivity contribution < 1.29 is 8.42 Å². The molecule has 2 fully saturated rings. The summed E-state index contributed by atoms with van der Waals surface area (Å²) in [5.74, 6) is 0.950. The van der Waals surface area contributed by atoms with E-state index in [0.717, 1.165) is 30.4 Å². The summed E-state index contributed by atoms with van der Waals surface area (Å²) in [6.45, 7) is 5.32. The summed E-state index contributed by atoms with van der Waals surface area (Å²) < 4.78 is 23.6. The van der Waals surface area contributed by atoms with E-state index < -0.39 is 14.6 Å². The van der Waals surface area contributed by atoms with E-state index in [1.54, 1.807) is 20.9 Å². The van der Waals surface area contributed by atoms with Crippen molar-refractivity contribution in [3.63, 3.8) is 0 Å². The van der Waals surface area contributed by atoms with Crippen LogP contribution >= 0.6 is 35.6 Å². The molecule has 1 saturated carbocycles. The van der Waals surface area contributed by atoms with Gasteiger partial charge in [0.25, 0.3) is 0 Å². The third-order valence-corrected chi connectivity index (χ3v) is 8.23. The lowest BCUT2D eigenvalue weighted by molar-refractivity contribution is 0.352. The van der Waals surface area contributed by atoms with Crippen LogP contribution in [0.15, 0.2) is 29.3 Å². The molecule has 0 amide bonds. The van der Waals surface area contributed by atoms with Crippen LogP contribution in [0.5, 0.6) is 0 Å². The van der Waals surface area contributed by atoms with E-state index in [1.807, 2.05) is 12.1 Å². The Labute approximate surface area is 178 Å². The second kappa shape index (κ2) is 7.83. The van der Waals surface area contributed by atoms with E-state index >= 15 is 0 Å². The number of sulfone groups is 1. The molecular weight excluding hydrogens is 485 g/mol. The van der Waals surface area contributed by atoms with Gasteiger partial charge >= 0.3 is 0 Å². The zero-order valence-corrected chi connectivity index (χ0v) is 19.4. The largest absolute Gasteiger partial charge is 0.355 e. The lowest BCUT2D eigenvalue weighted by Crippen LogP contribution is -2.57. The molecule has 8 heteroatoms. The van der Waals surface area contributed by atoms with Crippen molar-refractivity contribution in [2.45, 2.75) is 36.9 Å². The van der Waals surface area contributed by atoms with Gasteiger partial charge in [0.2, 0.25) is 0 Å². The number of hydrogen-bond acceptors (Lipinski definition) is 3. The summed E-state index contributed by atoms with van der Waals surface area (Å²) in [5, 5.41) is 4.22. The molecule has 1 N–H and O–H groups in total. The third kappa shape index (κ3) is 4.30. The zero-order valence-electron chi connectivity index (χ0n) is 15.5. The van der Waals surface area contributed by atoms with Crippen LogP contribution in [-0.2, 0) is 15.3 Å². The SMILES string of the molecule is CN=C(NCC1(c2ccc(Cl)cc2)CC1)N1CCS(=O)(=O)C(C)(C)C1.I. The van der Waals surface area contributed by atoms with Crippen molar-refractivity contribution in [3.05, 3.63) is 34.9 Å². The van der Waals surface area contributed by atoms with Crippen LogP contribution in [0.1, 0.15) is 32.3 Å². The fourth-order valence-electron chi connectivity index (χ4n) is 3.43. The number of hydrogen-bond donors (Lipinski definition) is 1. The van der Waals surface area contributed by atoms with E-state index in [2.05, 4.69) is 27.3 Å². The molecule has 0 radical (unpaired) electrons. The van der Waals surface area contributed by atoms with Crippen LogP contribution in [0.4, 0.5) is 0 Å². The van der Waals surface area contributed by atoms with Gasteiger partial charge in [-0.1, -0.05) is 23.7 Å². The Morgan fingerprint density at radius 1 is 1.27 bits per heavy atom. The third-order valence-electron chi connectivity index (χ3n) is 5.45. The monoisotopic (exact) mass is 511 g/mol. The lowest BCUT2D eigenvalue weighted by atomic mass is 9.96. The number of guanidine groups is 1. The summed E-state index contributed by atoms with van der Waals surface area (Å²) in [6.07, 6.45) is 2.27. The number of benzene rings is 1. The molecular formula is C18H27ClIN3O2S. The first kappa shape index (κ1) is 21.8. The molecule has 26 heavy (non-hydrogen) atoms. The average molecular weight is 512 g/mol. The molecule has 146 valence electrons. The average Bonchev–Trinajstić information content (AvgIpc) is 3.33. The summed E-state index contributed by atoms with van der Waals surface area (Å²) in [7, 11) is -1.30. The van der Waals surface area contributed by atoms with Gasteiger partial charge in [0.1, 0.15) is 0 Å². The maximum Gasteiger partial charge on any atom is 0.193 e. The molecule has 0 bridgehead atoms. The van der Waals surface area contributed by atoms with Gasteiger partial charge in [-0.25, -0.2) is 8.42 Å². The molecule has 1 aliphatic carbocycles. The van der Waals surface area contributed by atoms with E-state index in [4.69, 9.17) is 11.6 Å². The minimum absolute atomic E-state index is 0. The molecule has 5 nitrogen and oxygen atoms in total. The summed E-state index contributed by atoms with van der Waals surface area (Å²) >= 11 is 5.99. The van der Waals surface area contributed by atoms with Gasteiger partial charge in [-0.2, -0.15) is 0 Å². The molecule has 0 spiro atoms. The van der Waals surface area contributed by atoms with E-state index in [0.29, 0.717) is 13.1 Å². The van der Waals surface area contributed by atoms with Gasteiger partial charge in [0, 0.05) is 37.1 Å². The van der Waals surface area contributed by atoms with Crippen molar-refractivity contribution in [2.24, 2.45) is 4.99 Å². The van der Waals surface area contributed by atoms with Crippen molar-refractivity contribution in [1.82, 2.24) is 10.2 Å². The molecule has 1 saturated heterocycles. The van der Waals surface area contributed by atoms with Crippen LogP contribution in [0, 0.1) is 0 Å². The number of rotatable bonds is 3. The van der Waals surface area contributed by atoms with E-state index in [1.165, 1.54) is 5.56 Å². The highest BCUT2D eigenvalue weighted by molar-refractivity contribution is 14.0. The molecule has 0 atom stereocenters. The molecule has 0 unspecified atom stereocenters. The first-order chi connectivity index (χ1) is 11.7. The molecule has 1 aromatic carbocycles. The van der Waals surface area contributed by atoms with Gasteiger partial charge in [0.05, 0.1) is 10.5 Å². The van der Waals surface area contributed by atoms with Crippen molar-refractivity contribution in [3.8, 4) is 0 Å². The zero-order chi connectivity index (χ0) is 18.3. The van der Waals surface area contributed by atoms with E-state index in [9.17, 15) is 8.42 Å². The fourth-order valence-corrected chi connectivity index (χ4v) is 4.92. The maximum absolute atomic E-state index is 12.2. The maximum atomic E-state index is 12.2. The van der Waals surface area contributed by atoms with Gasteiger partial charge < -0.3 is 10.2 Å². The minimum atomic E-state index is -3.05. The minimum Gasteiger partial charge on any atom is -0.355 e. The molecule has 1 aliphatic heterocycles. The summed E-state index contributed by atoms with van der Waals surface area (Å²) in [5.41, 5.74) is 1.43. The highest BCUT2D eigenvalue weighted by Crippen LogP contribution is 2.47. The quantitative estimate of drug-likeness (QED) is 0.385. The topological polar surface area (TPSA) is 61.8 Å². The molecule has 0 aromatic heterocycles. The van der Waals surface area contributed by atoms with Crippen LogP contribution < -0.4 is 5.32 Å². The van der Waals surface area contributed by atoms with Crippen LogP contribution in [-0.4, -0.2) is 56.5 Å². The highest BCUT2D eigenvalue weighted by Gasteiger charge is 2.45. The number of nitrogens with zero attached hydrogens (tertiary/aromatic N) is 2. The Balaban J connectivity index is 0.00000243. The normalized spacial score (nSPS) is 23.1. The summed E-state index contributed by atoms with van der Waals surface area (Å²) in [6, 6.07) is 8.06. The van der Waals surface area contributed by atoms with Gasteiger partial charge in [-0.15, -0.1) is 24.0 Å². The Morgan fingerprint density at radius 3 is 2.38 bits per heavy atom. The first-order valence-electron chi connectivity index (χ1n) is 8.63. The second-order valence-electron chi connectivity index (χ2n) is 7.69. The predicted molar refractivity (Wildman–Crippen MR) is 119 cm³/mol. The molecule has 1 heterocycles. The lowest BCUT2D eigenvalue weighted by Gasteiger charge is -2.39. The Kier molecular flexibility index (Phi) is 6.55. The van der Waals surface area contributed by atoms with Crippen molar-refractivity contribution >= 4 is 51.4 Å². The Bertz CT molecular complexity index is 774. The number of nitrogens with one attached hydrogen (secondary N) is 1. The van der Waals surface area contributed by atoms with E-state index in [-0.39, 0.29) is 35.1 Å². The number of halogens is 2. The smallest absolute Gasteiger partial charge is 0.193 e. The predicted octanol–water partition coefficient (Wildman–Crippen LogP) is 3.07. The van der Waals surface area contributed by atoms with Gasteiger partial charge in [0.15, 0.2) is 15.8 Å². The van der Waals surface area contributed by atoms with Crippen LogP contribution in [0.25, 0.3) is 0 Å². The van der Waals surface area contributed by atoms with Crippen molar-refractivity contribution in [1.29, 1.82) is 0 Å². The number of aliphatic imine (C=N–C) groups is 1. The molecule has 2 aliphatic rings. The van der Waals surface area contributed by atoms with Crippen LogP contribution in [0.2, 0.25) is 5.02 Å². The van der Waals surface area contributed by atoms with Crippen molar-refractivity contribution in [2.75, 3.05) is 32.4 Å². The first-order valence-corrected chi connectivity index (χ1v) is 10.7. The van der Waals surface area contributed by atoms with Gasteiger partial charge in [-0.05, 0) is 44.4 Å². The fraction of sp³-hybridized carbons (Fsp3) is 0.611. The standard InChI is InChI=1S/C18H26ClN3O2S.HI/c1-17(2)13-22(10-11-25(17,23)24)16(20-3)21-12-18(8-9-18)14-4-6-15(19)7-5-14;/h4-7H,8-13H2,1-3H3,(H,20,21);1H. The molecule has 1 aromatic rings. The second-order valence-corrected chi connectivity index (χ2v) is 10.9. The Morgan fingerprint density at radius 2 is 1.88 bits per heavy atom. The Hall–Kier alpha value is -0.540. The highest BCUT2D eigenvalue weighted by atomic mass is 127. The molecule has 3 rings (SSSR count). The van der Waals surface area contributed by atoms with Gasteiger partial charge in [-0.3, -0.25) is 4.99 Å². The van der Waals surface area contributed by atoms with Crippen LogP contribution in [0.3, 0.4) is 0 Å². The summed E-state index contributed by atoms with van der Waals surface area (Å²) in [4.78, 5) is 6.43.